The predicted molar refractivity (Wildman–Crippen MR) is 82.5 cm³/mol. The molecule has 1 aliphatic rings. The Morgan fingerprint density at radius 1 is 1.45 bits per heavy atom. The first-order valence-electron chi connectivity index (χ1n) is 7.43. The van der Waals surface area contributed by atoms with Crippen LogP contribution in [0.25, 0.3) is 10.9 Å². The first kappa shape index (κ1) is 14.7. The summed E-state index contributed by atoms with van der Waals surface area (Å²) in [6, 6.07) is 5.46. The largest absolute Gasteiger partial charge is 0.396 e. The summed E-state index contributed by atoms with van der Waals surface area (Å²) in [5, 5.41) is 9.67. The van der Waals surface area contributed by atoms with Crippen molar-refractivity contribution in [3.05, 3.63) is 40.4 Å². The average Bonchev–Trinajstić information content (AvgIpc) is 3.00. The van der Waals surface area contributed by atoms with Crippen LogP contribution >= 0.6 is 0 Å². The van der Waals surface area contributed by atoms with Gasteiger partial charge in [0.15, 0.2) is 0 Å². The fourth-order valence-electron chi connectivity index (χ4n) is 2.90. The molecule has 1 fully saturated rings. The van der Waals surface area contributed by atoms with Gasteiger partial charge in [-0.2, -0.15) is 0 Å². The van der Waals surface area contributed by atoms with Gasteiger partial charge in [-0.25, -0.2) is 4.98 Å². The van der Waals surface area contributed by atoms with Crippen LogP contribution in [0.3, 0.4) is 0 Å². The fourth-order valence-corrected chi connectivity index (χ4v) is 2.90. The van der Waals surface area contributed by atoms with Gasteiger partial charge in [-0.15, -0.1) is 0 Å². The number of amides is 1. The van der Waals surface area contributed by atoms with E-state index >= 15 is 0 Å². The first-order valence-corrected chi connectivity index (χ1v) is 7.43. The van der Waals surface area contributed by atoms with E-state index in [1.165, 1.54) is 10.9 Å². The SMILES string of the molecule is Cc1cccc2c(=O)n(CC(=O)N3CCC(CO)C3)cnc12. The molecule has 6 nitrogen and oxygen atoms in total. The lowest BCUT2D eigenvalue weighted by molar-refractivity contribution is -0.131. The average molecular weight is 301 g/mol. The number of rotatable bonds is 3. The van der Waals surface area contributed by atoms with Gasteiger partial charge in [0.25, 0.3) is 5.56 Å². The Balaban J connectivity index is 1.84. The molecule has 0 bridgehead atoms. The summed E-state index contributed by atoms with van der Waals surface area (Å²) in [4.78, 5) is 30.8. The van der Waals surface area contributed by atoms with Gasteiger partial charge in [0.2, 0.25) is 5.91 Å². The number of carbonyl (C=O) groups excluding carboxylic acids is 1. The minimum absolute atomic E-state index is 0.00609. The molecule has 0 radical (unpaired) electrons. The van der Waals surface area contributed by atoms with Crippen molar-refractivity contribution in [2.24, 2.45) is 5.92 Å². The van der Waals surface area contributed by atoms with Crippen LogP contribution in [0.1, 0.15) is 12.0 Å². The van der Waals surface area contributed by atoms with E-state index in [1.54, 1.807) is 11.0 Å². The van der Waals surface area contributed by atoms with Crippen molar-refractivity contribution in [3.8, 4) is 0 Å². The summed E-state index contributed by atoms with van der Waals surface area (Å²) in [6.45, 7) is 3.20. The molecule has 0 saturated carbocycles. The van der Waals surface area contributed by atoms with E-state index in [4.69, 9.17) is 5.11 Å². The minimum Gasteiger partial charge on any atom is -0.396 e. The number of hydrogen-bond donors (Lipinski definition) is 1. The molecule has 6 heteroatoms. The number of nitrogens with zero attached hydrogens (tertiary/aromatic N) is 3. The van der Waals surface area contributed by atoms with Crippen LogP contribution in [0.5, 0.6) is 0 Å². The highest BCUT2D eigenvalue weighted by atomic mass is 16.3. The third-order valence-electron chi connectivity index (χ3n) is 4.26. The Bertz CT molecular complexity index is 769. The number of hydrogen-bond acceptors (Lipinski definition) is 4. The summed E-state index contributed by atoms with van der Waals surface area (Å²) in [5.74, 6) is 0.0462. The van der Waals surface area contributed by atoms with Crippen LogP contribution in [0.2, 0.25) is 0 Å². The molecule has 1 aromatic heterocycles. The highest BCUT2D eigenvalue weighted by Gasteiger charge is 2.25. The van der Waals surface area contributed by atoms with Gasteiger partial charge in [-0.3, -0.25) is 14.2 Å². The lowest BCUT2D eigenvalue weighted by Crippen LogP contribution is -2.35. The number of carbonyl (C=O) groups is 1. The van der Waals surface area contributed by atoms with Crippen LogP contribution in [-0.4, -0.2) is 45.2 Å². The van der Waals surface area contributed by atoms with Gasteiger partial charge in [0, 0.05) is 25.6 Å². The summed E-state index contributed by atoms with van der Waals surface area (Å²) in [5.41, 5.74) is 1.43. The molecule has 1 saturated heterocycles. The zero-order valence-electron chi connectivity index (χ0n) is 12.5. The van der Waals surface area contributed by atoms with E-state index in [2.05, 4.69) is 4.98 Å². The standard InChI is InChI=1S/C16H19N3O3/c1-11-3-2-4-13-15(11)17-10-19(16(13)22)8-14(21)18-6-5-12(7-18)9-20/h2-4,10,12,20H,5-9H2,1H3. The van der Waals surface area contributed by atoms with Crippen LogP contribution in [0.4, 0.5) is 0 Å². The Morgan fingerprint density at radius 2 is 2.27 bits per heavy atom. The van der Waals surface area contributed by atoms with Gasteiger partial charge < -0.3 is 10.0 Å². The lowest BCUT2D eigenvalue weighted by atomic mass is 10.1. The Kier molecular flexibility index (Phi) is 3.94. The van der Waals surface area contributed by atoms with Crippen LogP contribution in [0.15, 0.2) is 29.3 Å². The second-order valence-electron chi connectivity index (χ2n) is 5.83. The van der Waals surface area contributed by atoms with Crippen molar-refractivity contribution in [1.29, 1.82) is 0 Å². The Labute approximate surface area is 128 Å². The maximum absolute atomic E-state index is 12.5. The predicted octanol–water partition coefficient (Wildman–Crippen LogP) is 0.546. The molecular formula is C16H19N3O3. The Hall–Kier alpha value is -2.21. The molecule has 1 unspecified atom stereocenters. The molecular weight excluding hydrogens is 282 g/mol. The third-order valence-corrected chi connectivity index (χ3v) is 4.26. The normalized spacial score (nSPS) is 18.1. The van der Waals surface area contributed by atoms with Crippen molar-refractivity contribution >= 4 is 16.8 Å². The van der Waals surface area contributed by atoms with Crippen LogP contribution < -0.4 is 5.56 Å². The molecule has 2 aromatic rings. The van der Waals surface area contributed by atoms with Crippen molar-refractivity contribution < 1.29 is 9.90 Å². The molecule has 1 amide bonds. The molecule has 1 N–H and O–H groups in total. The number of aliphatic hydroxyl groups excluding tert-OH is 1. The Morgan fingerprint density at radius 3 is 3.00 bits per heavy atom. The van der Waals surface area contributed by atoms with E-state index in [9.17, 15) is 9.59 Å². The molecule has 0 spiro atoms. The van der Waals surface area contributed by atoms with Gasteiger partial charge >= 0.3 is 0 Å². The summed E-state index contributed by atoms with van der Waals surface area (Å²) < 4.78 is 1.36. The van der Waals surface area contributed by atoms with Gasteiger partial charge in [-0.05, 0) is 25.0 Å². The van der Waals surface area contributed by atoms with E-state index < -0.39 is 0 Å². The molecule has 1 aliphatic heterocycles. The molecule has 3 rings (SSSR count). The molecule has 0 aliphatic carbocycles. The molecule has 2 heterocycles. The third kappa shape index (κ3) is 2.62. The number of fused-ring (bicyclic) bond motifs is 1. The monoisotopic (exact) mass is 301 g/mol. The molecule has 116 valence electrons. The van der Waals surface area contributed by atoms with Crippen molar-refractivity contribution in [2.75, 3.05) is 19.7 Å². The van der Waals surface area contributed by atoms with Crippen molar-refractivity contribution in [3.63, 3.8) is 0 Å². The number of benzene rings is 1. The second kappa shape index (κ2) is 5.88. The van der Waals surface area contributed by atoms with E-state index in [0.717, 1.165) is 12.0 Å². The summed E-state index contributed by atoms with van der Waals surface area (Å²) >= 11 is 0. The number of likely N-dealkylation sites (tertiary alicyclic amines) is 1. The lowest BCUT2D eigenvalue weighted by Gasteiger charge is -2.17. The van der Waals surface area contributed by atoms with E-state index in [0.29, 0.717) is 24.0 Å². The van der Waals surface area contributed by atoms with Crippen LogP contribution in [-0.2, 0) is 11.3 Å². The van der Waals surface area contributed by atoms with E-state index in [-0.39, 0.29) is 30.5 Å². The summed E-state index contributed by atoms with van der Waals surface area (Å²) in [7, 11) is 0. The van der Waals surface area contributed by atoms with Gasteiger partial charge in [0.1, 0.15) is 6.54 Å². The molecule has 1 atom stereocenters. The fraction of sp³-hybridized carbons (Fsp3) is 0.438. The quantitative estimate of drug-likeness (QED) is 0.898. The summed E-state index contributed by atoms with van der Waals surface area (Å²) in [6.07, 6.45) is 2.25. The minimum atomic E-state index is -0.194. The maximum atomic E-state index is 12.5. The number of aliphatic hydroxyl groups is 1. The van der Waals surface area contributed by atoms with Crippen LogP contribution in [0, 0.1) is 12.8 Å². The molecule has 1 aromatic carbocycles. The number of aryl methyl sites for hydroxylation is 1. The number of para-hydroxylation sites is 1. The highest BCUT2D eigenvalue weighted by Crippen LogP contribution is 2.16. The zero-order chi connectivity index (χ0) is 15.7. The zero-order valence-corrected chi connectivity index (χ0v) is 12.5. The van der Waals surface area contributed by atoms with Crippen molar-refractivity contribution in [1.82, 2.24) is 14.5 Å². The smallest absolute Gasteiger partial charge is 0.261 e. The maximum Gasteiger partial charge on any atom is 0.261 e. The first-order chi connectivity index (χ1) is 10.6. The molecule has 22 heavy (non-hydrogen) atoms. The highest BCUT2D eigenvalue weighted by molar-refractivity contribution is 5.81. The second-order valence-corrected chi connectivity index (χ2v) is 5.83. The van der Waals surface area contributed by atoms with Crippen molar-refractivity contribution in [2.45, 2.75) is 19.9 Å². The topological polar surface area (TPSA) is 75.4 Å². The number of aromatic nitrogens is 2. The van der Waals surface area contributed by atoms with Gasteiger partial charge in [-0.1, -0.05) is 12.1 Å². The van der Waals surface area contributed by atoms with Gasteiger partial charge in [0.05, 0.1) is 17.2 Å². The van der Waals surface area contributed by atoms with E-state index in [1.807, 2.05) is 19.1 Å².